The summed E-state index contributed by atoms with van der Waals surface area (Å²) in [6, 6.07) is 0.466. The minimum Gasteiger partial charge on any atom is -0.353 e. The van der Waals surface area contributed by atoms with Crippen molar-refractivity contribution in [1.29, 1.82) is 0 Å². The molecule has 0 spiro atoms. The number of allylic oxidation sites excluding steroid dienone is 2. The Labute approximate surface area is 205 Å². The molecule has 1 heterocycles. The van der Waals surface area contributed by atoms with Crippen molar-refractivity contribution in [3.05, 3.63) is 11.8 Å². The van der Waals surface area contributed by atoms with E-state index in [2.05, 4.69) is 25.2 Å². The van der Waals surface area contributed by atoms with E-state index in [0.717, 1.165) is 42.9 Å². The Morgan fingerprint density at radius 2 is 1.68 bits per heavy atom. The van der Waals surface area contributed by atoms with E-state index in [1.54, 1.807) is 0 Å². The molecule has 6 saturated carbocycles. The summed E-state index contributed by atoms with van der Waals surface area (Å²) in [6.07, 6.45) is 16.8. The van der Waals surface area contributed by atoms with Crippen LogP contribution in [-0.4, -0.2) is 29.8 Å². The van der Waals surface area contributed by atoms with E-state index in [4.69, 9.17) is 0 Å². The predicted octanol–water partition coefficient (Wildman–Crippen LogP) is 5.53. The maximum atomic E-state index is 13.9. The highest BCUT2D eigenvalue weighted by Crippen LogP contribution is 2.66. The molecule has 34 heavy (non-hydrogen) atoms. The van der Waals surface area contributed by atoms with Crippen molar-refractivity contribution < 1.29 is 9.59 Å². The molecule has 8 aliphatic rings. The van der Waals surface area contributed by atoms with E-state index in [0.29, 0.717) is 36.1 Å². The summed E-state index contributed by atoms with van der Waals surface area (Å²) in [5, 5.41) is 3.70. The summed E-state index contributed by atoms with van der Waals surface area (Å²) < 4.78 is 0. The Hall–Kier alpha value is -1.32. The lowest BCUT2D eigenvalue weighted by atomic mass is 9.49. The van der Waals surface area contributed by atoms with Gasteiger partial charge in [-0.05, 0) is 117 Å². The van der Waals surface area contributed by atoms with Crippen LogP contribution in [0.1, 0.15) is 90.9 Å². The van der Waals surface area contributed by atoms with Gasteiger partial charge >= 0.3 is 0 Å². The first-order valence-electron chi connectivity index (χ1n) is 14.6. The van der Waals surface area contributed by atoms with Crippen LogP contribution in [0.2, 0.25) is 0 Å². The van der Waals surface area contributed by atoms with Crippen molar-refractivity contribution in [2.24, 2.45) is 58.2 Å². The van der Waals surface area contributed by atoms with E-state index in [9.17, 15) is 9.59 Å². The van der Waals surface area contributed by atoms with Gasteiger partial charge in [-0.25, -0.2) is 0 Å². The van der Waals surface area contributed by atoms with Crippen LogP contribution in [0.3, 0.4) is 0 Å². The Kier molecular flexibility index (Phi) is 4.74. The number of nitrogens with one attached hydrogen (secondary N) is 1. The lowest BCUT2D eigenvalue weighted by Gasteiger charge is -2.58. The fraction of sp³-hybridized carbons (Fsp3) is 0.867. The highest BCUT2D eigenvalue weighted by molar-refractivity contribution is 5.81. The summed E-state index contributed by atoms with van der Waals surface area (Å²) in [5.41, 5.74) is 1.57. The highest BCUT2D eigenvalue weighted by Gasteiger charge is 2.61. The minimum absolute atomic E-state index is 0.133. The molecule has 0 radical (unpaired) electrons. The molecule has 7 aliphatic carbocycles. The summed E-state index contributed by atoms with van der Waals surface area (Å²) in [5.74, 6) is 6.30. The summed E-state index contributed by atoms with van der Waals surface area (Å²) in [7, 11) is 1.98. The maximum Gasteiger partial charge on any atom is 0.226 e. The molecule has 7 fully saturated rings. The molecule has 8 rings (SSSR count). The van der Waals surface area contributed by atoms with Gasteiger partial charge in [-0.1, -0.05) is 19.9 Å². The zero-order valence-electron chi connectivity index (χ0n) is 21.5. The standard InChI is InChI=1S/C30H44N2O2/c1-29-10-8-23-21(4-7-25-30(23,2)11-9-26(33)32(25)3)22(29)5-6-24(29)28(34)31-27-19-13-17-12-18(15-19)16-20(27)14-17/h7,17-24,27H,4-6,8-16H2,1-3H3,(H,31,34)/t17?,18?,19?,20?,21-,22-,23+,24?,27?,29-,30+/m0/s1. The molecule has 4 heteroatoms. The molecule has 4 bridgehead atoms. The number of hydrogen-bond donors (Lipinski definition) is 1. The molecule has 0 aromatic carbocycles. The van der Waals surface area contributed by atoms with E-state index in [1.807, 2.05) is 11.9 Å². The Balaban J connectivity index is 1.10. The van der Waals surface area contributed by atoms with Gasteiger partial charge in [0.2, 0.25) is 11.8 Å². The van der Waals surface area contributed by atoms with E-state index < -0.39 is 0 Å². The third-order valence-corrected chi connectivity index (χ3v) is 12.9. The van der Waals surface area contributed by atoms with Gasteiger partial charge in [0.1, 0.15) is 0 Å². The van der Waals surface area contributed by atoms with Crippen LogP contribution in [0, 0.1) is 58.2 Å². The second-order valence-electron chi connectivity index (χ2n) is 14.2. The fourth-order valence-electron chi connectivity index (χ4n) is 11.4. The third-order valence-electron chi connectivity index (χ3n) is 12.9. The first-order chi connectivity index (χ1) is 16.3. The van der Waals surface area contributed by atoms with Crippen molar-refractivity contribution in [2.45, 2.75) is 96.9 Å². The van der Waals surface area contributed by atoms with Crippen molar-refractivity contribution in [3.63, 3.8) is 0 Å². The van der Waals surface area contributed by atoms with Crippen molar-refractivity contribution in [2.75, 3.05) is 7.05 Å². The minimum atomic E-state index is 0.133. The number of fused-ring (bicyclic) bond motifs is 5. The van der Waals surface area contributed by atoms with E-state index >= 15 is 0 Å². The van der Waals surface area contributed by atoms with Gasteiger partial charge in [0.15, 0.2) is 0 Å². The number of likely N-dealkylation sites (tertiary alicyclic amines) is 1. The lowest BCUT2D eigenvalue weighted by Crippen LogP contribution is -2.58. The van der Waals surface area contributed by atoms with Crippen LogP contribution in [0.15, 0.2) is 11.8 Å². The number of carbonyl (C=O) groups is 2. The van der Waals surface area contributed by atoms with Crippen LogP contribution in [-0.2, 0) is 9.59 Å². The molecular formula is C30H44N2O2. The number of hydrogen-bond acceptors (Lipinski definition) is 2. The molecule has 1 unspecified atom stereocenters. The monoisotopic (exact) mass is 464 g/mol. The smallest absolute Gasteiger partial charge is 0.226 e. The Bertz CT molecular complexity index is 912. The Morgan fingerprint density at radius 1 is 0.971 bits per heavy atom. The van der Waals surface area contributed by atoms with E-state index in [1.165, 1.54) is 57.1 Å². The summed E-state index contributed by atoms with van der Waals surface area (Å²) in [4.78, 5) is 28.2. The first kappa shape index (κ1) is 21.9. The zero-order valence-corrected chi connectivity index (χ0v) is 21.5. The van der Waals surface area contributed by atoms with Gasteiger partial charge in [-0.3, -0.25) is 9.59 Å². The van der Waals surface area contributed by atoms with Crippen molar-refractivity contribution in [3.8, 4) is 0 Å². The molecule has 0 aromatic heterocycles. The van der Waals surface area contributed by atoms with Crippen LogP contribution in [0.25, 0.3) is 0 Å². The van der Waals surface area contributed by atoms with Crippen molar-refractivity contribution >= 4 is 11.8 Å². The van der Waals surface area contributed by atoms with Gasteiger partial charge in [0.05, 0.1) is 0 Å². The Morgan fingerprint density at radius 3 is 2.38 bits per heavy atom. The highest BCUT2D eigenvalue weighted by atomic mass is 16.2. The van der Waals surface area contributed by atoms with Gasteiger partial charge < -0.3 is 10.2 Å². The third kappa shape index (κ3) is 2.89. The van der Waals surface area contributed by atoms with Crippen LogP contribution in [0.5, 0.6) is 0 Å². The molecule has 186 valence electrons. The van der Waals surface area contributed by atoms with Gasteiger partial charge in [0, 0.05) is 36.5 Å². The molecule has 1 saturated heterocycles. The van der Waals surface area contributed by atoms with Crippen molar-refractivity contribution in [1.82, 2.24) is 10.2 Å². The van der Waals surface area contributed by atoms with E-state index in [-0.39, 0.29) is 22.7 Å². The molecule has 0 aromatic rings. The second kappa shape index (κ2) is 7.35. The molecule has 1 aliphatic heterocycles. The topological polar surface area (TPSA) is 49.4 Å². The van der Waals surface area contributed by atoms with Crippen LogP contribution in [0.4, 0.5) is 0 Å². The molecule has 2 amide bonds. The second-order valence-corrected chi connectivity index (χ2v) is 14.2. The number of nitrogens with zero attached hydrogens (tertiary/aromatic N) is 1. The van der Waals surface area contributed by atoms with Gasteiger partial charge in [-0.15, -0.1) is 0 Å². The quantitative estimate of drug-likeness (QED) is 0.584. The fourth-order valence-corrected chi connectivity index (χ4v) is 11.4. The number of piperidine rings is 1. The normalized spacial score (nSPS) is 53.1. The molecular weight excluding hydrogens is 420 g/mol. The predicted molar refractivity (Wildman–Crippen MR) is 132 cm³/mol. The first-order valence-corrected chi connectivity index (χ1v) is 14.6. The molecule has 6 atom stereocenters. The summed E-state index contributed by atoms with van der Waals surface area (Å²) >= 11 is 0. The SMILES string of the molecule is CN1C(=O)CC[C@@]2(C)C1=CC[C@@H]1[C@H]2CC[C@]2(C)C(C(=O)NC3C4CC5CC(C4)CC3C5)CC[C@@H]12. The number of carbonyl (C=O) groups excluding carboxylic acids is 2. The number of amides is 2. The van der Waals surface area contributed by atoms with Crippen LogP contribution >= 0.6 is 0 Å². The summed E-state index contributed by atoms with van der Waals surface area (Å²) in [6.45, 7) is 4.91. The average Bonchev–Trinajstić information content (AvgIpc) is 3.16. The largest absolute Gasteiger partial charge is 0.353 e. The lowest BCUT2D eigenvalue weighted by molar-refractivity contribution is -0.139. The molecule has 1 N–H and O–H groups in total. The average molecular weight is 465 g/mol. The zero-order chi connectivity index (χ0) is 23.4. The maximum absolute atomic E-state index is 13.9. The van der Waals surface area contributed by atoms with Gasteiger partial charge in [-0.2, -0.15) is 0 Å². The number of rotatable bonds is 2. The molecule has 4 nitrogen and oxygen atoms in total. The van der Waals surface area contributed by atoms with Gasteiger partial charge in [0.25, 0.3) is 0 Å². The van der Waals surface area contributed by atoms with Crippen LogP contribution < -0.4 is 5.32 Å².